The molecule has 0 unspecified atom stereocenters. The Kier molecular flexibility index (Phi) is 3.33. The van der Waals surface area contributed by atoms with Gasteiger partial charge in [0.2, 0.25) is 5.91 Å². The molecule has 2 saturated carbocycles. The average molecular weight is 261 g/mol. The molecule has 1 aromatic heterocycles. The lowest BCUT2D eigenvalue weighted by Crippen LogP contribution is -2.42. The van der Waals surface area contributed by atoms with E-state index in [1.807, 2.05) is 24.6 Å². The summed E-state index contributed by atoms with van der Waals surface area (Å²) in [7, 11) is 0. The highest BCUT2D eigenvalue weighted by Crippen LogP contribution is 2.34. The predicted octanol–water partition coefficient (Wildman–Crippen LogP) is 2.43. The highest BCUT2D eigenvalue weighted by molar-refractivity contribution is 5.77. The molecular weight excluding hydrogens is 238 g/mol. The SMILES string of the molecule is Cc1cc(C)n(CC(=O)N(C2CCCC2)C2CC2)n1. The van der Waals surface area contributed by atoms with Crippen molar-refractivity contribution in [2.45, 2.75) is 71.0 Å². The maximum Gasteiger partial charge on any atom is 0.244 e. The molecule has 1 aromatic rings. The molecule has 19 heavy (non-hydrogen) atoms. The first-order valence-corrected chi connectivity index (χ1v) is 7.47. The molecule has 0 atom stereocenters. The molecule has 2 aliphatic carbocycles. The molecule has 0 spiro atoms. The summed E-state index contributed by atoms with van der Waals surface area (Å²) >= 11 is 0. The van der Waals surface area contributed by atoms with Crippen LogP contribution in [-0.4, -0.2) is 32.7 Å². The normalized spacial score (nSPS) is 19.9. The van der Waals surface area contributed by atoms with Crippen molar-refractivity contribution in [3.8, 4) is 0 Å². The Labute approximate surface area is 114 Å². The van der Waals surface area contributed by atoms with Gasteiger partial charge >= 0.3 is 0 Å². The Hall–Kier alpha value is -1.32. The molecule has 1 amide bonds. The summed E-state index contributed by atoms with van der Waals surface area (Å²) in [6, 6.07) is 3.05. The molecule has 2 fully saturated rings. The Balaban J connectivity index is 1.71. The van der Waals surface area contributed by atoms with Crippen LogP contribution in [0.1, 0.15) is 49.9 Å². The maximum absolute atomic E-state index is 12.6. The van der Waals surface area contributed by atoms with Gasteiger partial charge < -0.3 is 4.90 Å². The lowest BCUT2D eigenvalue weighted by molar-refractivity contribution is -0.135. The first-order chi connectivity index (χ1) is 9.15. The Morgan fingerprint density at radius 3 is 2.42 bits per heavy atom. The van der Waals surface area contributed by atoms with E-state index in [2.05, 4.69) is 10.00 Å². The van der Waals surface area contributed by atoms with E-state index in [0.717, 1.165) is 11.4 Å². The van der Waals surface area contributed by atoms with Crippen LogP contribution in [0.25, 0.3) is 0 Å². The summed E-state index contributed by atoms with van der Waals surface area (Å²) in [4.78, 5) is 14.8. The number of amides is 1. The zero-order chi connectivity index (χ0) is 13.4. The molecule has 0 aliphatic heterocycles. The van der Waals surface area contributed by atoms with Crippen LogP contribution in [-0.2, 0) is 11.3 Å². The molecule has 0 saturated heterocycles. The second-order valence-corrected chi connectivity index (χ2v) is 6.06. The molecule has 0 aromatic carbocycles. The molecule has 4 nitrogen and oxygen atoms in total. The topological polar surface area (TPSA) is 38.1 Å². The van der Waals surface area contributed by atoms with Crippen molar-refractivity contribution in [3.05, 3.63) is 17.5 Å². The van der Waals surface area contributed by atoms with Gasteiger partial charge in [-0.25, -0.2) is 0 Å². The van der Waals surface area contributed by atoms with E-state index in [1.165, 1.54) is 38.5 Å². The van der Waals surface area contributed by atoms with Gasteiger partial charge in [0.25, 0.3) is 0 Å². The zero-order valence-electron chi connectivity index (χ0n) is 11.9. The van der Waals surface area contributed by atoms with E-state index in [9.17, 15) is 4.79 Å². The standard InChI is InChI=1S/C15H23N3O/c1-11-9-12(2)17(16-11)10-15(19)18(14-7-8-14)13-5-3-4-6-13/h9,13-14H,3-8,10H2,1-2H3. The van der Waals surface area contributed by atoms with Crippen molar-refractivity contribution in [2.75, 3.05) is 0 Å². The van der Waals surface area contributed by atoms with E-state index in [0.29, 0.717) is 18.6 Å². The molecule has 0 N–H and O–H groups in total. The van der Waals surface area contributed by atoms with Gasteiger partial charge in [0.15, 0.2) is 0 Å². The monoisotopic (exact) mass is 261 g/mol. The number of hydrogen-bond donors (Lipinski definition) is 0. The van der Waals surface area contributed by atoms with Crippen LogP contribution in [0.3, 0.4) is 0 Å². The van der Waals surface area contributed by atoms with Crippen LogP contribution in [0.4, 0.5) is 0 Å². The van der Waals surface area contributed by atoms with Gasteiger partial charge in [0, 0.05) is 17.8 Å². The first-order valence-electron chi connectivity index (χ1n) is 7.47. The molecule has 2 aliphatic rings. The summed E-state index contributed by atoms with van der Waals surface area (Å²) in [5.74, 6) is 0.264. The van der Waals surface area contributed by atoms with Gasteiger partial charge in [0.05, 0.1) is 5.69 Å². The molecule has 3 rings (SSSR count). The highest BCUT2D eigenvalue weighted by atomic mass is 16.2. The zero-order valence-corrected chi connectivity index (χ0v) is 11.9. The number of rotatable bonds is 4. The van der Waals surface area contributed by atoms with Crippen molar-refractivity contribution in [1.82, 2.24) is 14.7 Å². The number of carbonyl (C=O) groups is 1. The third-order valence-corrected chi connectivity index (χ3v) is 4.33. The van der Waals surface area contributed by atoms with E-state index >= 15 is 0 Å². The van der Waals surface area contributed by atoms with Crippen molar-refractivity contribution in [1.29, 1.82) is 0 Å². The van der Waals surface area contributed by atoms with E-state index in [4.69, 9.17) is 0 Å². The highest BCUT2D eigenvalue weighted by Gasteiger charge is 2.38. The third-order valence-electron chi connectivity index (χ3n) is 4.33. The average Bonchev–Trinajstić information content (AvgIpc) is 2.92. The second kappa shape index (κ2) is 4.99. The summed E-state index contributed by atoms with van der Waals surface area (Å²) < 4.78 is 1.85. The minimum absolute atomic E-state index is 0.264. The van der Waals surface area contributed by atoms with Crippen molar-refractivity contribution in [2.24, 2.45) is 0 Å². The summed E-state index contributed by atoms with van der Waals surface area (Å²) in [5, 5.41) is 4.41. The Morgan fingerprint density at radius 2 is 1.89 bits per heavy atom. The first kappa shape index (κ1) is 12.7. The lowest BCUT2D eigenvalue weighted by Gasteiger charge is -2.29. The van der Waals surface area contributed by atoms with Crippen molar-refractivity contribution in [3.63, 3.8) is 0 Å². The minimum Gasteiger partial charge on any atom is -0.335 e. The van der Waals surface area contributed by atoms with Gasteiger partial charge in [-0.15, -0.1) is 0 Å². The number of nitrogens with zero attached hydrogens (tertiary/aromatic N) is 3. The van der Waals surface area contributed by atoms with Crippen molar-refractivity contribution >= 4 is 5.91 Å². The van der Waals surface area contributed by atoms with Gasteiger partial charge in [-0.3, -0.25) is 9.48 Å². The molecule has 0 radical (unpaired) electrons. The number of hydrogen-bond acceptors (Lipinski definition) is 2. The maximum atomic E-state index is 12.6. The summed E-state index contributed by atoms with van der Waals surface area (Å²) in [6.45, 7) is 4.40. The van der Waals surface area contributed by atoms with E-state index < -0.39 is 0 Å². The molecule has 1 heterocycles. The van der Waals surface area contributed by atoms with Crippen LogP contribution in [0.5, 0.6) is 0 Å². The van der Waals surface area contributed by atoms with Gasteiger partial charge in [-0.2, -0.15) is 5.10 Å². The number of aromatic nitrogens is 2. The molecule has 104 valence electrons. The van der Waals surface area contributed by atoms with Crippen LogP contribution in [0, 0.1) is 13.8 Å². The van der Waals surface area contributed by atoms with Crippen LogP contribution in [0.15, 0.2) is 6.07 Å². The second-order valence-electron chi connectivity index (χ2n) is 6.06. The van der Waals surface area contributed by atoms with Gasteiger partial charge in [-0.05, 0) is 45.6 Å². The summed E-state index contributed by atoms with van der Waals surface area (Å²) in [5.41, 5.74) is 2.07. The van der Waals surface area contributed by atoms with Crippen LogP contribution in [0.2, 0.25) is 0 Å². The molecule has 0 bridgehead atoms. The third kappa shape index (κ3) is 2.67. The Morgan fingerprint density at radius 1 is 1.26 bits per heavy atom. The summed E-state index contributed by atoms with van der Waals surface area (Å²) in [6.07, 6.45) is 7.33. The predicted molar refractivity (Wildman–Crippen MR) is 73.8 cm³/mol. The van der Waals surface area contributed by atoms with Crippen molar-refractivity contribution < 1.29 is 4.79 Å². The van der Waals surface area contributed by atoms with Gasteiger partial charge in [0.1, 0.15) is 6.54 Å². The fraction of sp³-hybridized carbons (Fsp3) is 0.733. The van der Waals surface area contributed by atoms with Crippen LogP contribution < -0.4 is 0 Å². The quantitative estimate of drug-likeness (QED) is 0.835. The number of aryl methyl sites for hydroxylation is 2. The Bertz CT molecular complexity index is 470. The number of carbonyl (C=O) groups excluding carboxylic acids is 1. The van der Waals surface area contributed by atoms with E-state index in [-0.39, 0.29) is 5.91 Å². The van der Waals surface area contributed by atoms with Gasteiger partial charge in [-0.1, -0.05) is 12.8 Å². The molecule has 4 heteroatoms. The van der Waals surface area contributed by atoms with E-state index in [1.54, 1.807) is 0 Å². The fourth-order valence-corrected chi connectivity index (χ4v) is 3.29. The van der Waals surface area contributed by atoms with Crippen LogP contribution >= 0.6 is 0 Å². The molecular formula is C15H23N3O. The smallest absolute Gasteiger partial charge is 0.244 e. The lowest BCUT2D eigenvalue weighted by atomic mass is 10.2. The largest absolute Gasteiger partial charge is 0.335 e. The minimum atomic E-state index is 0.264. The fourth-order valence-electron chi connectivity index (χ4n) is 3.29.